The fourth-order valence-electron chi connectivity index (χ4n) is 2.36. The number of nitrogens with zero attached hydrogens (tertiary/aromatic N) is 2. The van der Waals surface area contributed by atoms with Crippen LogP contribution in [0.1, 0.15) is 6.42 Å². The molecule has 1 aromatic carbocycles. The number of anilines is 2. The molecular formula is C12H18FN3. The third kappa shape index (κ3) is 1.73. The van der Waals surface area contributed by atoms with Crippen LogP contribution >= 0.6 is 0 Å². The maximum absolute atomic E-state index is 13.8. The number of hydrogen-bond donors (Lipinski definition) is 1. The largest absolute Gasteiger partial charge is 0.371 e. The standard InChI is InChI=1S/C12H18FN3/c1-15-8-9(6-7-14)16(2)12-10(13)4-3-5-11(12)15/h3-5,9H,6-8,14H2,1-2H3. The first-order chi connectivity index (χ1) is 7.65. The lowest BCUT2D eigenvalue weighted by molar-refractivity contribution is 0.544. The smallest absolute Gasteiger partial charge is 0.148 e. The van der Waals surface area contributed by atoms with Crippen molar-refractivity contribution in [3.05, 3.63) is 24.0 Å². The van der Waals surface area contributed by atoms with Gasteiger partial charge in [-0.15, -0.1) is 0 Å². The minimum atomic E-state index is -0.159. The van der Waals surface area contributed by atoms with Gasteiger partial charge in [0.2, 0.25) is 0 Å². The van der Waals surface area contributed by atoms with E-state index in [1.165, 1.54) is 6.07 Å². The Morgan fingerprint density at radius 3 is 2.88 bits per heavy atom. The van der Waals surface area contributed by atoms with Crippen molar-refractivity contribution >= 4 is 11.4 Å². The van der Waals surface area contributed by atoms with Gasteiger partial charge in [0.15, 0.2) is 0 Å². The van der Waals surface area contributed by atoms with Crippen molar-refractivity contribution in [1.82, 2.24) is 0 Å². The quantitative estimate of drug-likeness (QED) is 0.823. The molecule has 0 fully saturated rings. The van der Waals surface area contributed by atoms with Gasteiger partial charge in [0.05, 0.1) is 11.4 Å². The third-order valence-corrected chi connectivity index (χ3v) is 3.26. The zero-order chi connectivity index (χ0) is 11.7. The molecule has 0 saturated heterocycles. The summed E-state index contributed by atoms with van der Waals surface area (Å²) in [7, 11) is 3.93. The number of benzene rings is 1. The Hall–Kier alpha value is -1.29. The van der Waals surface area contributed by atoms with E-state index in [-0.39, 0.29) is 5.82 Å². The molecule has 2 rings (SSSR count). The molecule has 4 heteroatoms. The van der Waals surface area contributed by atoms with Crippen LogP contribution in [0.15, 0.2) is 18.2 Å². The molecule has 1 unspecified atom stereocenters. The Kier molecular flexibility index (Phi) is 3.01. The van der Waals surface area contributed by atoms with E-state index in [1.54, 1.807) is 6.07 Å². The van der Waals surface area contributed by atoms with E-state index in [1.807, 2.05) is 25.1 Å². The molecular weight excluding hydrogens is 205 g/mol. The molecule has 3 nitrogen and oxygen atoms in total. The first-order valence-electron chi connectivity index (χ1n) is 5.57. The van der Waals surface area contributed by atoms with Crippen LogP contribution in [-0.4, -0.2) is 33.2 Å². The third-order valence-electron chi connectivity index (χ3n) is 3.26. The summed E-state index contributed by atoms with van der Waals surface area (Å²) in [4.78, 5) is 4.11. The van der Waals surface area contributed by atoms with E-state index >= 15 is 0 Å². The second kappa shape index (κ2) is 4.29. The molecule has 0 aliphatic carbocycles. The summed E-state index contributed by atoms with van der Waals surface area (Å²) >= 11 is 0. The van der Waals surface area contributed by atoms with E-state index in [4.69, 9.17) is 5.73 Å². The lowest BCUT2D eigenvalue weighted by Crippen LogP contribution is -2.47. The highest BCUT2D eigenvalue weighted by Gasteiger charge is 2.28. The highest BCUT2D eigenvalue weighted by Crippen LogP contribution is 2.36. The Labute approximate surface area is 95.6 Å². The number of para-hydroxylation sites is 1. The molecule has 0 amide bonds. The predicted octanol–water partition coefficient (Wildman–Crippen LogP) is 1.43. The van der Waals surface area contributed by atoms with Gasteiger partial charge < -0.3 is 15.5 Å². The maximum Gasteiger partial charge on any atom is 0.148 e. The summed E-state index contributed by atoms with van der Waals surface area (Å²) in [6, 6.07) is 5.50. The summed E-state index contributed by atoms with van der Waals surface area (Å²) in [5, 5.41) is 0. The number of nitrogens with two attached hydrogens (primary N) is 1. The van der Waals surface area contributed by atoms with Crippen molar-refractivity contribution in [2.24, 2.45) is 5.73 Å². The van der Waals surface area contributed by atoms with Crippen LogP contribution in [0.3, 0.4) is 0 Å². The van der Waals surface area contributed by atoms with Crippen molar-refractivity contribution in [3.63, 3.8) is 0 Å². The number of rotatable bonds is 2. The SMILES string of the molecule is CN1CC(CCN)N(C)c2c(F)cccc21. The fourth-order valence-corrected chi connectivity index (χ4v) is 2.36. The summed E-state index contributed by atoms with van der Waals surface area (Å²) < 4.78 is 13.8. The van der Waals surface area contributed by atoms with Crippen molar-refractivity contribution in [2.45, 2.75) is 12.5 Å². The maximum atomic E-state index is 13.8. The van der Waals surface area contributed by atoms with Gasteiger partial charge in [-0.05, 0) is 25.1 Å². The fraction of sp³-hybridized carbons (Fsp3) is 0.500. The van der Waals surface area contributed by atoms with Crippen LogP contribution < -0.4 is 15.5 Å². The summed E-state index contributed by atoms with van der Waals surface area (Å²) in [5.41, 5.74) is 7.23. The van der Waals surface area contributed by atoms with Gasteiger partial charge in [-0.2, -0.15) is 0 Å². The highest BCUT2D eigenvalue weighted by molar-refractivity contribution is 5.74. The van der Waals surface area contributed by atoms with Gasteiger partial charge >= 0.3 is 0 Å². The Morgan fingerprint density at radius 2 is 2.19 bits per heavy atom. The van der Waals surface area contributed by atoms with Crippen LogP contribution in [0, 0.1) is 5.82 Å². The molecule has 88 valence electrons. The van der Waals surface area contributed by atoms with E-state index in [9.17, 15) is 4.39 Å². The first-order valence-corrected chi connectivity index (χ1v) is 5.57. The van der Waals surface area contributed by atoms with E-state index in [0.717, 1.165) is 18.7 Å². The number of halogens is 1. The molecule has 16 heavy (non-hydrogen) atoms. The minimum Gasteiger partial charge on any atom is -0.371 e. The number of likely N-dealkylation sites (N-methyl/N-ethyl adjacent to an activating group) is 2. The molecule has 0 bridgehead atoms. The van der Waals surface area contributed by atoms with Gasteiger partial charge in [0.25, 0.3) is 0 Å². The Bertz CT molecular complexity index is 381. The van der Waals surface area contributed by atoms with Crippen LogP contribution in [0.4, 0.5) is 15.8 Å². The van der Waals surface area contributed by atoms with Gasteiger partial charge in [0.1, 0.15) is 5.82 Å². The van der Waals surface area contributed by atoms with Crippen LogP contribution in [0.25, 0.3) is 0 Å². The number of fused-ring (bicyclic) bond motifs is 1. The van der Waals surface area contributed by atoms with E-state index in [2.05, 4.69) is 4.90 Å². The van der Waals surface area contributed by atoms with E-state index < -0.39 is 0 Å². The van der Waals surface area contributed by atoms with Gasteiger partial charge in [-0.3, -0.25) is 0 Å². The van der Waals surface area contributed by atoms with Crippen LogP contribution in [0.2, 0.25) is 0 Å². The summed E-state index contributed by atoms with van der Waals surface area (Å²) in [6.45, 7) is 1.52. The molecule has 2 N–H and O–H groups in total. The average molecular weight is 223 g/mol. The molecule has 1 aliphatic rings. The van der Waals surface area contributed by atoms with Crippen molar-refractivity contribution in [2.75, 3.05) is 37.0 Å². The molecule has 0 radical (unpaired) electrons. The summed E-state index contributed by atoms with van der Waals surface area (Å²) in [5.74, 6) is -0.159. The normalized spacial score (nSPS) is 19.9. The molecule has 0 spiro atoms. The van der Waals surface area contributed by atoms with Gasteiger partial charge in [-0.1, -0.05) is 6.07 Å². The first kappa shape index (κ1) is 11.2. The van der Waals surface area contributed by atoms with Gasteiger partial charge in [-0.25, -0.2) is 4.39 Å². The topological polar surface area (TPSA) is 32.5 Å². The molecule has 1 heterocycles. The number of hydrogen-bond acceptors (Lipinski definition) is 3. The Balaban J connectivity index is 2.40. The Morgan fingerprint density at radius 1 is 1.44 bits per heavy atom. The zero-order valence-corrected chi connectivity index (χ0v) is 9.78. The van der Waals surface area contributed by atoms with Crippen molar-refractivity contribution in [1.29, 1.82) is 0 Å². The molecule has 1 aromatic rings. The van der Waals surface area contributed by atoms with Crippen molar-refractivity contribution < 1.29 is 4.39 Å². The van der Waals surface area contributed by atoms with Gasteiger partial charge in [0, 0.05) is 26.7 Å². The monoisotopic (exact) mass is 223 g/mol. The predicted molar refractivity (Wildman–Crippen MR) is 65.5 cm³/mol. The van der Waals surface area contributed by atoms with Crippen LogP contribution in [-0.2, 0) is 0 Å². The summed E-state index contributed by atoms with van der Waals surface area (Å²) in [6.07, 6.45) is 0.884. The second-order valence-corrected chi connectivity index (χ2v) is 4.33. The van der Waals surface area contributed by atoms with Crippen molar-refractivity contribution in [3.8, 4) is 0 Å². The van der Waals surface area contributed by atoms with Crippen LogP contribution in [0.5, 0.6) is 0 Å². The molecule has 0 aromatic heterocycles. The molecule has 0 saturated carbocycles. The van der Waals surface area contributed by atoms with E-state index in [0.29, 0.717) is 18.3 Å². The highest BCUT2D eigenvalue weighted by atomic mass is 19.1. The lowest BCUT2D eigenvalue weighted by Gasteiger charge is -2.41. The molecule has 1 atom stereocenters. The average Bonchev–Trinajstić information content (AvgIpc) is 2.25. The second-order valence-electron chi connectivity index (χ2n) is 4.33. The lowest BCUT2D eigenvalue weighted by atomic mass is 10.1. The molecule has 1 aliphatic heterocycles. The minimum absolute atomic E-state index is 0.159. The zero-order valence-electron chi connectivity index (χ0n) is 9.78.